The third-order valence-corrected chi connectivity index (χ3v) is 7.91. The van der Waals surface area contributed by atoms with Crippen molar-refractivity contribution in [3.63, 3.8) is 0 Å². The maximum absolute atomic E-state index is 14.2. The maximum Gasteiger partial charge on any atom is 0.322 e. The van der Waals surface area contributed by atoms with E-state index in [1.807, 2.05) is 60.5 Å². The molecule has 38 heavy (non-hydrogen) atoms. The summed E-state index contributed by atoms with van der Waals surface area (Å²) in [5, 5.41) is 3.48. The van der Waals surface area contributed by atoms with Crippen LogP contribution in [0.1, 0.15) is 35.7 Å². The van der Waals surface area contributed by atoms with Gasteiger partial charge in [-0.05, 0) is 61.7 Å². The van der Waals surface area contributed by atoms with Gasteiger partial charge in [-0.1, -0.05) is 71.2 Å². The average molecular weight is 545 g/mol. The molecular formula is C30H26Cl2N4O2. The Morgan fingerprint density at radius 1 is 0.947 bits per heavy atom. The lowest BCUT2D eigenvalue weighted by molar-refractivity contribution is -0.119. The minimum absolute atomic E-state index is 0.00164. The fourth-order valence-corrected chi connectivity index (χ4v) is 5.53. The van der Waals surface area contributed by atoms with Crippen LogP contribution < -0.4 is 10.2 Å². The molecule has 0 bridgehead atoms. The van der Waals surface area contributed by atoms with Crippen molar-refractivity contribution in [2.45, 2.75) is 31.8 Å². The molecular weight excluding hydrogens is 519 g/mol. The lowest BCUT2D eigenvalue weighted by Crippen LogP contribution is -2.48. The Morgan fingerprint density at radius 3 is 2.47 bits per heavy atom. The van der Waals surface area contributed by atoms with Crippen molar-refractivity contribution in [3.05, 3.63) is 112 Å². The summed E-state index contributed by atoms with van der Waals surface area (Å²) in [4.78, 5) is 31.1. The van der Waals surface area contributed by atoms with Gasteiger partial charge in [-0.15, -0.1) is 0 Å². The molecule has 2 aliphatic rings. The van der Waals surface area contributed by atoms with E-state index in [1.165, 1.54) is 0 Å². The highest BCUT2D eigenvalue weighted by Gasteiger charge is 2.40. The Hall–Kier alpha value is -3.74. The number of aryl methyl sites for hydroxylation is 1. The zero-order chi connectivity index (χ0) is 26.4. The van der Waals surface area contributed by atoms with Crippen LogP contribution in [0.4, 0.5) is 16.2 Å². The molecule has 4 aromatic rings. The van der Waals surface area contributed by atoms with Crippen molar-refractivity contribution in [1.29, 1.82) is 0 Å². The van der Waals surface area contributed by atoms with Crippen LogP contribution in [-0.2, 0) is 4.79 Å². The van der Waals surface area contributed by atoms with Gasteiger partial charge >= 0.3 is 6.03 Å². The molecule has 1 atom stereocenters. The smallest absolute Gasteiger partial charge is 0.316 e. The minimum Gasteiger partial charge on any atom is -0.316 e. The molecule has 1 aliphatic carbocycles. The molecule has 1 N–H and O–H groups in total. The number of carbonyl (C=O) groups is 2. The molecule has 6 nitrogen and oxygen atoms in total. The van der Waals surface area contributed by atoms with Crippen molar-refractivity contribution in [2.24, 2.45) is 0 Å². The number of amides is 3. The van der Waals surface area contributed by atoms with Gasteiger partial charge in [0.2, 0.25) is 5.91 Å². The Morgan fingerprint density at radius 2 is 1.71 bits per heavy atom. The number of urea groups is 1. The molecule has 1 aliphatic heterocycles. The topological polar surface area (TPSA) is 57.6 Å². The molecule has 0 spiro atoms. The number of nitrogens with zero attached hydrogens (tertiary/aromatic N) is 3. The molecule has 1 fully saturated rings. The van der Waals surface area contributed by atoms with Crippen LogP contribution in [0.3, 0.4) is 0 Å². The summed E-state index contributed by atoms with van der Waals surface area (Å²) in [7, 11) is 0. The molecule has 6 rings (SSSR count). The lowest BCUT2D eigenvalue weighted by Gasteiger charge is -2.39. The molecule has 192 valence electrons. The summed E-state index contributed by atoms with van der Waals surface area (Å²) in [6, 6.07) is 24.5. The zero-order valence-electron chi connectivity index (χ0n) is 20.8. The van der Waals surface area contributed by atoms with Crippen LogP contribution in [0.2, 0.25) is 10.0 Å². The number of halogens is 2. The number of para-hydroxylation sites is 2. The van der Waals surface area contributed by atoms with E-state index in [-0.39, 0.29) is 35.6 Å². The molecule has 3 amide bonds. The van der Waals surface area contributed by atoms with Crippen molar-refractivity contribution in [3.8, 4) is 5.69 Å². The standard InChI is InChI=1S/C30H26Cl2N4O2/c1-19-7-4-8-20(17-19)29-26-13-6-16-34(26)24-11-2-3-12-25(24)36(29)27(37)18-35(21-14-15-21)30(38)33-23-10-5-9-22(31)28(23)32/h2-13,16-17,21,29H,14-15,18H2,1H3,(H,33,38). The van der Waals surface area contributed by atoms with E-state index in [2.05, 4.69) is 28.1 Å². The van der Waals surface area contributed by atoms with Crippen LogP contribution in [-0.4, -0.2) is 34.0 Å². The number of nitrogens with one attached hydrogen (secondary N) is 1. The van der Waals surface area contributed by atoms with Crippen LogP contribution in [0, 0.1) is 6.92 Å². The molecule has 0 saturated heterocycles. The van der Waals surface area contributed by atoms with E-state index < -0.39 is 0 Å². The highest BCUT2D eigenvalue weighted by atomic mass is 35.5. The van der Waals surface area contributed by atoms with Gasteiger partial charge in [0.1, 0.15) is 12.6 Å². The Balaban J connectivity index is 1.36. The lowest BCUT2D eigenvalue weighted by atomic mass is 9.96. The number of rotatable bonds is 5. The van der Waals surface area contributed by atoms with Crippen LogP contribution in [0.5, 0.6) is 0 Å². The minimum atomic E-state index is -0.370. The second-order valence-corrected chi connectivity index (χ2v) is 10.5. The van der Waals surface area contributed by atoms with Crippen LogP contribution in [0.15, 0.2) is 85.1 Å². The van der Waals surface area contributed by atoms with Gasteiger partial charge in [-0.25, -0.2) is 4.79 Å². The summed E-state index contributed by atoms with van der Waals surface area (Å²) in [5.41, 5.74) is 5.28. The van der Waals surface area contributed by atoms with Gasteiger partial charge in [0, 0.05) is 12.2 Å². The predicted molar refractivity (Wildman–Crippen MR) is 151 cm³/mol. The second kappa shape index (κ2) is 9.86. The SMILES string of the molecule is Cc1cccc(C2c3cccn3-c3ccccc3N2C(=O)CN(C(=O)Nc2cccc(Cl)c2Cl)C2CC2)c1. The molecule has 1 saturated carbocycles. The highest BCUT2D eigenvalue weighted by Crippen LogP contribution is 2.43. The van der Waals surface area contributed by atoms with Crippen molar-refractivity contribution in [1.82, 2.24) is 9.47 Å². The Bertz CT molecular complexity index is 1540. The first-order valence-corrected chi connectivity index (χ1v) is 13.3. The van der Waals surface area contributed by atoms with E-state index in [4.69, 9.17) is 23.2 Å². The number of anilines is 2. The summed E-state index contributed by atoms with van der Waals surface area (Å²) in [6.07, 6.45) is 3.73. The van der Waals surface area contributed by atoms with Crippen molar-refractivity contribution < 1.29 is 9.59 Å². The highest BCUT2D eigenvalue weighted by molar-refractivity contribution is 6.44. The second-order valence-electron chi connectivity index (χ2n) is 9.76. The monoisotopic (exact) mass is 544 g/mol. The van der Waals surface area contributed by atoms with Crippen LogP contribution >= 0.6 is 23.2 Å². The molecule has 3 aromatic carbocycles. The molecule has 1 aromatic heterocycles. The maximum atomic E-state index is 14.2. The fourth-order valence-electron chi connectivity index (χ4n) is 5.18. The fraction of sp³-hybridized carbons (Fsp3) is 0.200. The van der Waals surface area contributed by atoms with E-state index in [0.717, 1.165) is 41.0 Å². The summed E-state index contributed by atoms with van der Waals surface area (Å²) < 4.78 is 2.14. The van der Waals surface area contributed by atoms with Crippen molar-refractivity contribution in [2.75, 3.05) is 16.8 Å². The average Bonchev–Trinajstić information content (AvgIpc) is 3.64. The number of aromatic nitrogens is 1. The summed E-state index contributed by atoms with van der Waals surface area (Å²) in [6.45, 7) is 1.98. The third kappa shape index (κ3) is 4.44. The molecule has 2 heterocycles. The van der Waals surface area contributed by atoms with Crippen LogP contribution in [0.25, 0.3) is 5.69 Å². The number of hydrogen-bond acceptors (Lipinski definition) is 2. The largest absolute Gasteiger partial charge is 0.322 e. The first kappa shape index (κ1) is 24.6. The first-order valence-electron chi connectivity index (χ1n) is 12.6. The van der Waals surface area contributed by atoms with Gasteiger partial charge < -0.3 is 14.8 Å². The summed E-state index contributed by atoms with van der Waals surface area (Å²) >= 11 is 12.5. The molecule has 8 heteroatoms. The zero-order valence-corrected chi connectivity index (χ0v) is 22.3. The van der Waals surface area contributed by atoms with Gasteiger partial charge in [0.05, 0.1) is 32.8 Å². The van der Waals surface area contributed by atoms with Gasteiger partial charge in [-0.2, -0.15) is 0 Å². The predicted octanol–water partition coefficient (Wildman–Crippen LogP) is 7.23. The van der Waals surface area contributed by atoms with E-state index >= 15 is 0 Å². The quantitative estimate of drug-likeness (QED) is 0.288. The van der Waals surface area contributed by atoms with E-state index in [1.54, 1.807) is 23.1 Å². The first-order chi connectivity index (χ1) is 18.4. The normalized spacial score (nSPS) is 16.0. The third-order valence-electron chi connectivity index (χ3n) is 7.09. The van der Waals surface area contributed by atoms with Gasteiger partial charge in [-0.3, -0.25) is 9.69 Å². The van der Waals surface area contributed by atoms with Crippen molar-refractivity contribution >= 4 is 46.5 Å². The van der Waals surface area contributed by atoms with E-state index in [0.29, 0.717) is 10.7 Å². The van der Waals surface area contributed by atoms with E-state index in [9.17, 15) is 9.59 Å². The Kier molecular flexibility index (Phi) is 6.38. The Labute approximate surface area is 231 Å². The van der Waals surface area contributed by atoms with Gasteiger partial charge in [0.25, 0.3) is 0 Å². The van der Waals surface area contributed by atoms with Gasteiger partial charge in [0.15, 0.2) is 0 Å². The number of carbonyl (C=O) groups excluding carboxylic acids is 2. The number of hydrogen-bond donors (Lipinski definition) is 1. The number of benzene rings is 3. The number of fused-ring (bicyclic) bond motifs is 3. The molecule has 1 unspecified atom stereocenters. The molecule has 0 radical (unpaired) electrons. The summed E-state index contributed by atoms with van der Waals surface area (Å²) in [5.74, 6) is -0.157.